The Kier molecular flexibility index (Phi) is 5.35. The van der Waals surface area contributed by atoms with Gasteiger partial charge in [-0.05, 0) is 30.2 Å². The molecule has 0 bridgehead atoms. The maximum Gasteiger partial charge on any atom is 0.244 e. The van der Waals surface area contributed by atoms with Crippen molar-refractivity contribution >= 4 is 27.9 Å². The van der Waals surface area contributed by atoms with Gasteiger partial charge in [0.05, 0.1) is 0 Å². The molecule has 0 aliphatic rings. The molecule has 0 unspecified atom stereocenters. The molecule has 1 N–H and O–H groups in total. The summed E-state index contributed by atoms with van der Waals surface area (Å²) in [6.45, 7) is 4.64. The average molecular weight is 300 g/mol. The minimum atomic E-state index is -0.346. The van der Waals surface area contributed by atoms with Gasteiger partial charge in [-0.15, -0.1) is 0 Å². The van der Waals surface area contributed by atoms with Gasteiger partial charge in [0.25, 0.3) is 0 Å². The maximum atomic E-state index is 13.3. The number of benzene rings is 1. The SMILES string of the molecule is CC(C)CNC(=O)C=Cc1cc(Br)ccc1F. The standard InChI is InChI=1S/C13H15BrFNO/c1-9(2)8-16-13(17)6-3-10-7-11(14)4-5-12(10)15/h3-7,9H,8H2,1-2H3,(H,16,17). The molecule has 0 aromatic heterocycles. The molecule has 1 amide bonds. The second-order valence-corrected chi connectivity index (χ2v) is 5.05. The van der Waals surface area contributed by atoms with E-state index in [-0.39, 0.29) is 11.7 Å². The van der Waals surface area contributed by atoms with Gasteiger partial charge in [-0.2, -0.15) is 0 Å². The summed E-state index contributed by atoms with van der Waals surface area (Å²) in [6, 6.07) is 4.60. The number of carbonyl (C=O) groups excluding carboxylic acids is 1. The zero-order valence-corrected chi connectivity index (χ0v) is 11.4. The highest BCUT2D eigenvalue weighted by atomic mass is 79.9. The first-order chi connectivity index (χ1) is 7.99. The third kappa shape index (κ3) is 5.13. The predicted octanol–water partition coefficient (Wildman–Crippen LogP) is 3.37. The van der Waals surface area contributed by atoms with E-state index in [9.17, 15) is 9.18 Å². The third-order valence-corrected chi connectivity index (χ3v) is 2.55. The summed E-state index contributed by atoms with van der Waals surface area (Å²) in [5.74, 6) is -0.158. The van der Waals surface area contributed by atoms with Crippen LogP contribution in [0.15, 0.2) is 28.7 Å². The fourth-order valence-corrected chi connectivity index (χ4v) is 1.55. The fraction of sp³-hybridized carbons (Fsp3) is 0.308. The lowest BCUT2D eigenvalue weighted by atomic mass is 10.2. The quantitative estimate of drug-likeness (QED) is 0.849. The van der Waals surface area contributed by atoms with Gasteiger partial charge in [-0.3, -0.25) is 4.79 Å². The fourth-order valence-electron chi connectivity index (χ4n) is 1.17. The van der Waals surface area contributed by atoms with Crippen LogP contribution in [0.3, 0.4) is 0 Å². The van der Waals surface area contributed by atoms with Gasteiger partial charge in [0.15, 0.2) is 0 Å². The monoisotopic (exact) mass is 299 g/mol. The van der Waals surface area contributed by atoms with Gasteiger partial charge >= 0.3 is 0 Å². The number of rotatable bonds is 4. The van der Waals surface area contributed by atoms with E-state index in [2.05, 4.69) is 21.2 Å². The molecule has 0 saturated heterocycles. The van der Waals surface area contributed by atoms with Crippen molar-refractivity contribution in [2.24, 2.45) is 5.92 Å². The summed E-state index contributed by atoms with van der Waals surface area (Å²) in [5.41, 5.74) is 0.388. The van der Waals surface area contributed by atoms with Crippen LogP contribution in [0.5, 0.6) is 0 Å². The number of nitrogens with one attached hydrogen (secondary N) is 1. The van der Waals surface area contributed by atoms with Gasteiger partial charge in [-0.1, -0.05) is 29.8 Å². The normalized spacial score (nSPS) is 11.1. The van der Waals surface area contributed by atoms with Crippen LogP contribution in [0.25, 0.3) is 6.08 Å². The molecule has 0 radical (unpaired) electrons. The van der Waals surface area contributed by atoms with Gasteiger partial charge in [0, 0.05) is 22.7 Å². The number of carbonyl (C=O) groups is 1. The minimum Gasteiger partial charge on any atom is -0.352 e. The molecule has 0 atom stereocenters. The molecule has 2 nitrogen and oxygen atoms in total. The van der Waals surface area contributed by atoms with Crippen molar-refractivity contribution < 1.29 is 9.18 Å². The minimum absolute atomic E-state index is 0.210. The Morgan fingerprint density at radius 1 is 1.53 bits per heavy atom. The van der Waals surface area contributed by atoms with Crippen LogP contribution in [0.4, 0.5) is 4.39 Å². The van der Waals surface area contributed by atoms with E-state index < -0.39 is 0 Å². The summed E-state index contributed by atoms with van der Waals surface area (Å²) in [6.07, 6.45) is 2.81. The smallest absolute Gasteiger partial charge is 0.244 e. The molecule has 0 aliphatic heterocycles. The molecular weight excluding hydrogens is 285 g/mol. The van der Waals surface area contributed by atoms with Crippen LogP contribution in [0.1, 0.15) is 19.4 Å². The lowest BCUT2D eigenvalue weighted by molar-refractivity contribution is -0.116. The van der Waals surface area contributed by atoms with Crippen LogP contribution in [-0.4, -0.2) is 12.5 Å². The van der Waals surface area contributed by atoms with Gasteiger partial charge in [-0.25, -0.2) is 4.39 Å². The molecule has 92 valence electrons. The Labute approximate surface area is 109 Å². The Balaban J connectivity index is 2.64. The van der Waals surface area contributed by atoms with Crippen LogP contribution in [0, 0.1) is 11.7 Å². The number of hydrogen-bond donors (Lipinski definition) is 1. The Bertz CT molecular complexity index is 429. The third-order valence-electron chi connectivity index (χ3n) is 2.06. The maximum absolute atomic E-state index is 13.3. The highest BCUT2D eigenvalue weighted by Gasteiger charge is 2.01. The van der Waals surface area contributed by atoms with E-state index in [1.807, 2.05) is 13.8 Å². The molecule has 1 aromatic carbocycles. The molecule has 17 heavy (non-hydrogen) atoms. The van der Waals surface area contributed by atoms with E-state index in [4.69, 9.17) is 0 Å². The highest BCUT2D eigenvalue weighted by molar-refractivity contribution is 9.10. The van der Waals surface area contributed by atoms with Crippen LogP contribution < -0.4 is 5.32 Å². The van der Waals surface area contributed by atoms with Crippen molar-refractivity contribution in [2.45, 2.75) is 13.8 Å². The van der Waals surface area contributed by atoms with E-state index in [1.165, 1.54) is 18.2 Å². The number of halogens is 2. The van der Waals surface area contributed by atoms with E-state index in [0.717, 1.165) is 4.47 Å². The largest absolute Gasteiger partial charge is 0.352 e. The van der Waals surface area contributed by atoms with E-state index >= 15 is 0 Å². The summed E-state index contributed by atoms with van der Waals surface area (Å²) in [4.78, 5) is 11.4. The van der Waals surface area contributed by atoms with Crippen molar-refractivity contribution in [1.82, 2.24) is 5.32 Å². The van der Waals surface area contributed by atoms with Crippen LogP contribution in [0.2, 0.25) is 0 Å². The van der Waals surface area contributed by atoms with Gasteiger partial charge in [0.2, 0.25) is 5.91 Å². The summed E-state index contributed by atoms with van der Waals surface area (Å²) < 4.78 is 14.1. The topological polar surface area (TPSA) is 29.1 Å². The second kappa shape index (κ2) is 6.55. The average Bonchev–Trinajstić information content (AvgIpc) is 2.27. The van der Waals surface area contributed by atoms with Crippen molar-refractivity contribution in [1.29, 1.82) is 0 Å². The van der Waals surface area contributed by atoms with Crippen molar-refractivity contribution in [3.05, 3.63) is 40.1 Å². The highest BCUT2D eigenvalue weighted by Crippen LogP contribution is 2.16. The molecule has 0 heterocycles. The van der Waals surface area contributed by atoms with Crippen molar-refractivity contribution in [3.8, 4) is 0 Å². The molecule has 4 heteroatoms. The Morgan fingerprint density at radius 2 is 2.24 bits per heavy atom. The first kappa shape index (κ1) is 13.9. The summed E-state index contributed by atoms with van der Waals surface area (Å²) in [5, 5.41) is 2.73. The molecule has 0 aliphatic carbocycles. The first-order valence-electron chi connectivity index (χ1n) is 5.40. The molecular formula is C13H15BrFNO. The van der Waals surface area contributed by atoms with Crippen LogP contribution in [-0.2, 0) is 4.79 Å². The number of amides is 1. The molecule has 0 fully saturated rings. The van der Waals surface area contributed by atoms with Crippen LogP contribution >= 0.6 is 15.9 Å². The predicted molar refractivity (Wildman–Crippen MR) is 71.0 cm³/mol. The Morgan fingerprint density at radius 3 is 2.88 bits per heavy atom. The molecule has 1 rings (SSSR count). The first-order valence-corrected chi connectivity index (χ1v) is 6.19. The zero-order chi connectivity index (χ0) is 12.8. The van der Waals surface area contributed by atoms with E-state index in [1.54, 1.807) is 12.1 Å². The van der Waals surface area contributed by atoms with Crippen molar-refractivity contribution in [2.75, 3.05) is 6.54 Å². The van der Waals surface area contributed by atoms with Crippen molar-refractivity contribution in [3.63, 3.8) is 0 Å². The summed E-state index contributed by atoms with van der Waals surface area (Å²) in [7, 11) is 0. The molecule has 1 aromatic rings. The summed E-state index contributed by atoms with van der Waals surface area (Å²) >= 11 is 3.25. The lowest BCUT2D eigenvalue weighted by Gasteiger charge is -2.04. The molecule has 0 spiro atoms. The van der Waals surface area contributed by atoms with Gasteiger partial charge < -0.3 is 5.32 Å². The second-order valence-electron chi connectivity index (χ2n) is 4.14. The molecule has 0 saturated carbocycles. The zero-order valence-electron chi connectivity index (χ0n) is 9.84. The van der Waals surface area contributed by atoms with E-state index in [0.29, 0.717) is 18.0 Å². The lowest BCUT2D eigenvalue weighted by Crippen LogP contribution is -2.25. The Hall–Kier alpha value is -1.16. The number of hydrogen-bond acceptors (Lipinski definition) is 1. The van der Waals surface area contributed by atoms with Gasteiger partial charge in [0.1, 0.15) is 5.82 Å².